The van der Waals surface area contributed by atoms with E-state index in [4.69, 9.17) is 0 Å². The number of hydrogen-bond acceptors (Lipinski definition) is 1. The number of hydrogen-bond donors (Lipinski definition) is 1. The summed E-state index contributed by atoms with van der Waals surface area (Å²) < 4.78 is 15.3. The van der Waals surface area contributed by atoms with Gasteiger partial charge in [0.1, 0.15) is 12.4 Å². The fraction of sp³-hybridized carbons (Fsp3) is 0.0625. The highest BCUT2D eigenvalue weighted by Gasteiger charge is 2.08. The van der Waals surface area contributed by atoms with Crippen LogP contribution in [-0.4, -0.2) is 10.5 Å². The van der Waals surface area contributed by atoms with E-state index in [0.717, 1.165) is 10.9 Å². The summed E-state index contributed by atoms with van der Waals surface area (Å²) in [6.07, 6.45) is 1.85. The number of carbonyl (C=O) groups excluding carboxylic acids is 1. The highest BCUT2D eigenvalue weighted by atomic mass is 19.1. The van der Waals surface area contributed by atoms with Crippen LogP contribution in [-0.2, 0) is 11.3 Å². The number of aromatic nitrogens is 1. The molecule has 3 rings (SSSR count). The number of nitrogens with one attached hydrogen (secondary N) is 1. The molecular weight excluding hydrogens is 255 g/mol. The molecule has 1 aromatic heterocycles. The molecule has 0 aliphatic rings. The van der Waals surface area contributed by atoms with Crippen LogP contribution in [0.25, 0.3) is 10.9 Å². The zero-order valence-corrected chi connectivity index (χ0v) is 10.7. The van der Waals surface area contributed by atoms with Gasteiger partial charge < -0.3 is 9.88 Å². The number of fused-ring (bicyclic) bond motifs is 1. The summed E-state index contributed by atoms with van der Waals surface area (Å²) in [4.78, 5) is 12.0. The first kappa shape index (κ1) is 12.4. The van der Waals surface area contributed by atoms with Crippen LogP contribution in [0.3, 0.4) is 0 Å². The average Bonchev–Trinajstić information content (AvgIpc) is 2.85. The fourth-order valence-corrected chi connectivity index (χ4v) is 2.19. The van der Waals surface area contributed by atoms with E-state index in [1.807, 2.05) is 41.1 Å². The van der Waals surface area contributed by atoms with Crippen LogP contribution in [0, 0.1) is 5.82 Å². The van der Waals surface area contributed by atoms with Crippen molar-refractivity contribution in [3.8, 4) is 0 Å². The Kier molecular flexibility index (Phi) is 3.21. The van der Waals surface area contributed by atoms with Crippen molar-refractivity contribution in [1.29, 1.82) is 0 Å². The summed E-state index contributed by atoms with van der Waals surface area (Å²) in [7, 11) is 0. The van der Waals surface area contributed by atoms with Crippen LogP contribution in [0.1, 0.15) is 0 Å². The second-order valence-electron chi connectivity index (χ2n) is 4.53. The number of para-hydroxylation sites is 2. The van der Waals surface area contributed by atoms with Crippen molar-refractivity contribution in [2.24, 2.45) is 0 Å². The second-order valence-corrected chi connectivity index (χ2v) is 4.53. The summed E-state index contributed by atoms with van der Waals surface area (Å²) in [6.45, 7) is 0.155. The Balaban J connectivity index is 1.78. The van der Waals surface area contributed by atoms with Crippen LogP contribution in [0.5, 0.6) is 0 Å². The minimum Gasteiger partial charge on any atom is -0.338 e. The molecule has 4 heteroatoms. The summed E-state index contributed by atoms with van der Waals surface area (Å²) in [5.74, 6) is -0.685. The highest BCUT2D eigenvalue weighted by molar-refractivity contribution is 5.92. The standard InChI is InChI=1S/C16H13FN2O/c17-13-6-2-3-7-14(13)18-16(20)11-19-10-9-12-5-1-4-8-15(12)19/h1-10H,11H2,(H,18,20). The third-order valence-electron chi connectivity index (χ3n) is 3.14. The van der Waals surface area contributed by atoms with Gasteiger partial charge in [0.15, 0.2) is 0 Å². The SMILES string of the molecule is O=C(Cn1ccc2ccccc21)Nc1ccccc1F. The molecule has 0 radical (unpaired) electrons. The quantitative estimate of drug-likeness (QED) is 0.776. The van der Waals surface area contributed by atoms with Crippen molar-refractivity contribution in [1.82, 2.24) is 4.57 Å². The van der Waals surface area contributed by atoms with Gasteiger partial charge in [0.05, 0.1) is 5.69 Å². The topological polar surface area (TPSA) is 34.0 Å². The Morgan fingerprint density at radius 3 is 2.65 bits per heavy atom. The second kappa shape index (κ2) is 5.17. The van der Waals surface area contributed by atoms with E-state index < -0.39 is 5.82 Å². The third-order valence-corrected chi connectivity index (χ3v) is 3.14. The van der Waals surface area contributed by atoms with Gasteiger partial charge in [-0.2, -0.15) is 0 Å². The van der Waals surface area contributed by atoms with Gasteiger partial charge in [-0.25, -0.2) is 4.39 Å². The van der Waals surface area contributed by atoms with Gasteiger partial charge in [-0.1, -0.05) is 30.3 Å². The third kappa shape index (κ3) is 2.40. The van der Waals surface area contributed by atoms with Crippen molar-refractivity contribution in [3.05, 3.63) is 66.6 Å². The molecule has 0 atom stereocenters. The molecule has 100 valence electrons. The number of anilines is 1. The molecule has 0 fully saturated rings. The lowest BCUT2D eigenvalue weighted by Crippen LogP contribution is -2.18. The Hall–Kier alpha value is -2.62. The molecule has 1 heterocycles. The number of halogens is 1. The smallest absolute Gasteiger partial charge is 0.244 e. The Morgan fingerprint density at radius 2 is 1.80 bits per heavy atom. The number of nitrogens with zero attached hydrogens (tertiary/aromatic N) is 1. The van der Waals surface area contributed by atoms with Gasteiger partial charge in [-0.15, -0.1) is 0 Å². The first-order valence-corrected chi connectivity index (χ1v) is 6.32. The van der Waals surface area contributed by atoms with E-state index in [1.165, 1.54) is 6.07 Å². The number of benzene rings is 2. The summed E-state index contributed by atoms with van der Waals surface area (Å²) in [5, 5.41) is 3.65. The largest absolute Gasteiger partial charge is 0.338 e. The van der Waals surface area contributed by atoms with Gasteiger partial charge >= 0.3 is 0 Å². The molecule has 1 N–H and O–H groups in total. The van der Waals surface area contributed by atoms with Gasteiger partial charge in [0.25, 0.3) is 0 Å². The predicted molar refractivity (Wildman–Crippen MR) is 77.0 cm³/mol. The predicted octanol–water partition coefficient (Wildman–Crippen LogP) is 3.42. The van der Waals surface area contributed by atoms with Crippen molar-refractivity contribution >= 4 is 22.5 Å². The maximum absolute atomic E-state index is 13.5. The van der Waals surface area contributed by atoms with E-state index in [2.05, 4.69) is 5.32 Å². The number of rotatable bonds is 3. The fourth-order valence-electron chi connectivity index (χ4n) is 2.19. The number of amides is 1. The maximum atomic E-state index is 13.5. The van der Waals surface area contributed by atoms with E-state index in [1.54, 1.807) is 18.2 Å². The van der Waals surface area contributed by atoms with E-state index in [-0.39, 0.29) is 18.1 Å². The Morgan fingerprint density at radius 1 is 1.05 bits per heavy atom. The van der Waals surface area contributed by atoms with Crippen LogP contribution in [0.15, 0.2) is 60.8 Å². The minimum absolute atomic E-state index is 0.155. The lowest BCUT2D eigenvalue weighted by molar-refractivity contribution is -0.116. The molecule has 1 amide bonds. The van der Waals surface area contributed by atoms with Gasteiger partial charge in [-0.05, 0) is 29.7 Å². The zero-order valence-electron chi connectivity index (χ0n) is 10.7. The van der Waals surface area contributed by atoms with Crippen LogP contribution in [0.2, 0.25) is 0 Å². The molecule has 20 heavy (non-hydrogen) atoms. The van der Waals surface area contributed by atoms with Crippen LogP contribution in [0.4, 0.5) is 10.1 Å². The molecule has 0 saturated carbocycles. The van der Waals surface area contributed by atoms with Gasteiger partial charge in [-0.3, -0.25) is 4.79 Å². The first-order valence-electron chi connectivity index (χ1n) is 6.32. The molecule has 3 nitrogen and oxygen atoms in total. The van der Waals surface area contributed by atoms with E-state index >= 15 is 0 Å². The monoisotopic (exact) mass is 268 g/mol. The van der Waals surface area contributed by atoms with Crippen LogP contribution >= 0.6 is 0 Å². The molecule has 0 aliphatic carbocycles. The van der Waals surface area contributed by atoms with Gasteiger partial charge in [0, 0.05) is 11.7 Å². The zero-order chi connectivity index (χ0) is 13.9. The average molecular weight is 268 g/mol. The summed E-state index contributed by atoms with van der Waals surface area (Å²) in [6, 6.07) is 15.9. The molecule has 3 aromatic rings. The minimum atomic E-state index is -0.432. The first-order chi connectivity index (χ1) is 9.74. The molecule has 2 aromatic carbocycles. The lowest BCUT2D eigenvalue weighted by atomic mass is 10.2. The Labute approximate surface area is 115 Å². The van der Waals surface area contributed by atoms with Crippen molar-refractivity contribution in [2.45, 2.75) is 6.54 Å². The molecular formula is C16H13FN2O. The lowest BCUT2D eigenvalue weighted by Gasteiger charge is -2.08. The molecule has 0 aliphatic heterocycles. The van der Waals surface area contributed by atoms with E-state index in [9.17, 15) is 9.18 Å². The van der Waals surface area contributed by atoms with Crippen molar-refractivity contribution in [2.75, 3.05) is 5.32 Å². The molecule has 0 bridgehead atoms. The number of carbonyl (C=O) groups is 1. The molecule has 0 saturated heterocycles. The van der Waals surface area contributed by atoms with Crippen LogP contribution < -0.4 is 5.32 Å². The highest BCUT2D eigenvalue weighted by Crippen LogP contribution is 2.16. The maximum Gasteiger partial charge on any atom is 0.244 e. The molecule has 0 unspecified atom stereocenters. The Bertz CT molecular complexity index is 764. The molecule has 0 spiro atoms. The summed E-state index contributed by atoms with van der Waals surface area (Å²) in [5.41, 5.74) is 1.19. The normalized spacial score (nSPS) is 10.7. The van der Waals surface area contributed by atoms with Crippen molar-refractivity contribution in [3.63, 3.8) is 0 Å². The van der Waals surface area contributed by atoms with Crippen molar-refractivity contribution < 1.29 is 9.18 Å². The van der Waals surface area contributed by atoms with E-state index in [0.29, 0.717) is 0 Å². The summed E-state index contributed by atoms with van der Waals surface area (Å²) >= 11 is 0. The van der Waals surface area contributed by atoms with Gasteiger partial charge in [0.2, 0.25) is 5.91 Å².